The molecule has 0 bridgehead atoms. The molecule has 0 amide bonds. The average molecular weight is 249 g/mol. The summed E-state index contributed by atoms with van der Waals surface area (Å²) in [6, 6.07) is 9.81. The van der Waals surface area contributed by atoms with Gasteiger partial charge in [0.25, 0.3) is 0 Å². The first kappa shape index (κ1) is 14.7. The Morgan fingerprint density at radius 1 is 1.06 bits per heavy atom. The molecule has 0 aliphatic rings. The third-order valence-electron chi connectivity index (χ3n) is 3.14. The summed E-state index contributed by atoms with van der Waals surface area (Å²) in [6.07, 6.45) is 7.30. The Kier molecular flexibility index (Phi) is 7.11. The topological polar surface area (TPSA) is 63.3 Å². The molecule has 0 aromatic heterocycles. The number of benzene rings is 1. The van der Waals surface area contributed by atoms with Gasteiger partial charge in [-0.05, 0) is 24.8 Å². The number of rotatable bonds is 9. The van der Waals surface area contributed by atoms with Crippen LogP contribution in [-0.4, -0.2) is 17.1 Å². The molecule has 18 heavy (non-hydrogen) atoms. The average Bonchev–Trinajstić information content (AvgIpc) is 2.38. The molecule has 0 spiro atoms. The molecule has 1 rings (SSSR count). The summed E-state index contributed by atoms with van der Waals surface area (Å²) in [6.45, 7) is 0. The van der Waals surface area contributed by atoms with Crippen molar-refractivity contribution in [2.24, 2.45) is 5.73 Å². The molecule has 100 valence electrons. The molecule has 3 nitrogen and oxygen atoms in total. The fraction of sp³-hybridized carbons (Fsp3) is 0.533. The number of carboxylic acid groups (broad SMARTS) is 1. The van der Waals surface area contributed by atoms with E-state index < -0.39 is 12.0 Å². The van der Waals surface area contributed by atoms with Gasteiger partial charge in [0.05, 0.1) is 0 Å². The lowest BCUT2D eigenvalue weighted by Crippen LogP contribution is -2.29. The first-order valence-electron chi connectivity index (χ1n) is 6.72. The minimum absolute atomic E-state index is 0.591. The maximum atomic E-state index is 10.5. The van der Waals surface area contributed by atoms with E-state index in [0.29, 0.717) is 6.42 Å². The maximum Gasteiger partial charge on any atom is 0.320 e. The highest BCUT2D eigenvalue weighted by Gasteiger charge is 2.09. The number of carboxylic acids is 1. The van der Waals surface area contributed by atoms with E-state index in [1.807, 2.05) is 6.07 Å². The van der Waals surface area contributed by atoms with Crippen LogP contribution in [0.2, 0.25) is 0 Å². The Morgan fingerprint density at radius 3 is 2.33 bits per heavy atom. The summed E-state index contributed by atoms with van der Waals surface area (Å²) in [5, 5.41) is 8.62. The molecule has 1 atom stereocenters. The van der Waals surface area contributed by atoms with Crippen LogP contribution in [0.5, 0.6) is 0 Å². The highest BCUT2D eigenvalue weighted by molar-refractivity contribution is 5.72. The summed E-state index contributed by atoms with van der Waals surface area (Å²) in [4.78, 5) is 10.5. The zero-order chi connectivity index (χ0) is 13.2. The lowest BCUT2D eigenvalue weighted by molar-refractivity contribution is -0.138. The quantitative estimate of drug-likeness (QED) is 0.661. The number of unbranched alkanes of at least 4 members (excludes halogenated alkanes) is 4. The zero-order valence-corrected chi connectivity index (χ0v) is 10.8. The molecule has 3 N–H and O–H groups in total. The molecule has 0 saturated carbocycles. The van der Waals surface area contributed by atoms with Crippen LogP contribution in [0.3, 0.4) is 0 Å². The van der Waals surface area contributed by atoms with Crippen molar-refractivity contribution in [2.45, 2.75) is 51.0 Å². The van der Waals surface area contributed by atoms with Crippen molar-refractivity contribution in [3.05, 3.63) is 35.9 Å². The van der Waals surface area contributed by atoms with Crippen molar-refractivity contribution in [1.29, 1.82) is 0 Å². The molecule has 0 radical (unpaired) electrons. The Hall–Kier alpha value is -1.35. The van der Waals surface area contributed by atoms with Crippen molar-refractivity contribution >= 4 is 5.97 Å². The van der Waals surface area contributed by atoms with Gasteiger partial charge in [0.1, 0.15) is 6.04 Å². The monoisotopic (exact) mass is 249 g/mol. The number of hydrogen-bond acceptors (Lipinski definition) is 2. The molecular weight excluding hydrogens is 226 g/mol. The third kappa shape index (κ3) is 6.40. The van der Waals surface area contributed by atoms with Gasteiger partial charge < -0.3 is 10.8 Å². The molecule has 1 aromatic rings. The predicted molar refractivity (Wildman–Crippen MR) is 73.5 cm³/mol. The summed E-state index contributed by atoms with van der Waals surface area (Å²) >= 11 is 0. The van der Waals surface area contributed by atoms with Crippen LogP contribution in [0.15, 0.2) is 30.3 Å². The van der Waals surface area contributed by atoms with Gasteiger partial charge in [0.15, 0.2) is 0 Å². The molecule has 0 heterocycles. The molecule has 3 heteroatoms. The smallest absolute Gasteiger partial charge is 0.320 e. The second kappa shape index (κ2) is 8.70. The maximum absolute atomic E-state index is 10.5. The minimum Gasteiger partial charge on any atom is -0.480 e. The van der Waals surface area contributed by atoms with Crippen LogP contribution in [0, 0.1) is 0 Å². The summed E-state index contributed by atoms with van der Waals surface area (Å²) < 4.78 is 0. The van der Waals surface area contributed by atoms with Gasteiger partial charge in [-0.1, -0.05) is 56.0 Å². The largest absolute Gasteiger partial charge is 0.480 e. The molecule has 0 saturated heterocycles. The number of hydrogen-bond donors (Lipinski definition) is 2. The Morgan fingerprint density at radius 2 is 1.67 bits per heavy atom. The number of carbonyl (C=O) groups is 1. The van der Waals surface area contributed by atoms with E-state index in [4.69, 9.17) is 10.8 Å². The van der Waals surface area contributed by atoms with E-state index in [9.17, 15) is 4.79 Å². The Bertz CT molecular complexity index is 338. The minimum atomic E-state index is -0.890. The van der Waals surface area contributed by atoms with Gasteiger partial charge >= 0.3 is 5.97 Å². The summed E-state index contributed by atoms with van der Waals surface area (Å²) in [5.41, 5.74) is 6.83. The van der Waals surface area contributed by atoms with Gasteiger partial charge in [-0.25, -0.2) is 0 Å². The highest BCUT2D eigenvalue weighted by Crippen LogP contribution is 2.10. The molecular formula is C15H23NO2. The number of aryl methyl sites for hydroxylation is 1. The van der Waals surface area contributed by atoms with Crippen LogP contribution in [0.4, 0.5) is 0 Å². The number of aliphatic carboxylic acids is 1. The van der Waals surface area contributed by atoms with Crippen LogP contribution in [0.1, 0.15) is 44.1 Å². The van der Waals surface area contributed by atoms with E-state index >= 15 is 0 Å². The van der Waals surface area contributed by atoms with Crippen molar-refractivity contribution in [3.8, 4) is 0 Å². The van der Waals surface area contributed by atoms with Crippen molar-refractivity contribution in [3.63, 3.8) is 0 Å². The van der Waals surface area contributed by atoms with Gasteiger partial charge in [-0.3, -0.25) is 4.79 Å². The lowest BCUT2D eigenvalue weighted by Gasteiger charge is -2.05. The van der Waals surface area contributed by atoms with E-state index in [1.54, 1.807) is 0 Å². The van der Waals surface area contributed by atoms with Crippen LogP contribution >= 0.6 is 0 Å². The van der Waals surface area contributed by atoms with Crippen molar-refractivity contribution in [2.75, 3.05) is 0 Å². The van der Waals surface area contributed by atoms with Crippen LogP contribution in [0.25, 0.3) is 0 Å². The molecule has 1 unspecified atom stereocenters. The first-order chi connectivity index (χ1) is 8.70. The van der Waals surface area contributed by atoms with Gasteiger partial charge in [0, 0.05) is 0 Å². The second-order valence-corrected chi connectivity index (χ2v) is 4.74. The summed E-state index contributed by atoms with van der Waals surface area (Å²) in [5.74, 6) is -0.890. The van der Waals surface area contributed by atoms with Crippen LogP contribution in [-0.2, 0) is 11.2 Å². The van der Waals surface area contributed by atoms with Crippen molar-refractivity contribution in [1.82, 2.24) is 0 Å². The fourth-order valence-electron chi connectivity index (χ4n) is 1.99. The normalized spacial score (nSPS) is 12.3. The lowest BCUT2D eigenvalue weighted by atomic mass is 10.0. The van der Waals surface area contributed by atoms with Gasteiger partial charge in [0.2, 0.25) is 0 Å². The Labute approximate surface area is 109 Å². The third-order valence-corrected chi connectivity index (χ3v) is 3.14. The number of nitrogens with two attached hydrogens (primary N) is 1. The molecule has 0 fully saturated rings. The van der Waals surface area contributed by atoms with E-state index in [1.165, 1.54) is 24.8 Å². The SMILES string of the molecule is NC(CCCCCCCc1ccccc1)C(=O)O. The Balaban J connectivity index is 1.95. The molecule has 1 aromatic carbocycles. The van der Waals surface area contributed by atoms with Gasteiger partial charge in [-0.2, -0.15) is 0 Å². The van der Waals surface area contributed by atoms with E-state index in [2.05, 4.69) is 24.3 Å². The molecule has 0 aliphatic carbocycles. The standard InChI is InChI=1S/C15H23NO2/c16-14(15(17)18)12-8-3-1-2-5-9-13-10-6-4-7-11-13/h4,6-7,10-11,14H,1-3,5,8-9,12,16H2,(H,17,18). The van der Waals surface area contributed by atoms with Crippen LogP contribution < -0.4 is 5.73 Å². The first-order valence-corrected chi connectivity index (χ1v) is 6.72. The highest BCUT2D eigenvalue weighted by atomic mass is 16.4. The second-order valence-electron chi connectivity index (χ2n) is 4.74. The van der Waals surface area contributed by atoms with Crippen molar-refractivity contribution < 1.29 is 9.90 Å². The fourth-order valence-corrected chi connectivity index (χ4v) is 1.99. The van der Waals surface area contributed by atoms with E-state index in [-0.39, 0.29) is 0 Å². The zero-order valence-electron chi connectivity index (χ0n) is 10.8. The molecule has 0 aliphatic heterocycles. The summed E-state index contributed by atoms with van der Waals surface area (Å²) in [7, 11) is 0. The van der Waals surface area contributed by atoms with Gasteiger partial charge in [-0.15, -0.1) is 0 Å². The predicted octanol–water partition coefficient (Wildman–Crippen LogP) is 2.98. The van der Waals surface area contributed by atoms with E-state index in [0.717, 1.165) is 19.3 Å².